The van der Waals surface area contributed by atoms with E-state index in [-0.39, 0.29) is 11.9 Å². The van der Waals surface area contributed by atoms with Gasteiger partial charge in [0.25, 0.3) is 0 Å². The van der Waals surface area contributed by atoms with E-state index in [0.717, 1.165) is 19.4 Å². The second kappa shape index (κ2) is 5.06. The molecule has 0 bridgehead atoms. The Bertz CT molecular complexity index is 383. The lowest BCUT2D eigenvalue weighted by Crippen LogP contribution is -2.59. The van der Waals surface area contributed by atoms with Crippen LogP contribution in [0.5, 0.6) is 0 Å². The quantitative estimate of drug-likeness (QED) is 0.729. The minimum absolute atomic E-state index is 0.213. The highest BCUT2D eigenvalue weighted by Gasteiger charge is 2.40. The molecular weight excluding hydrogens is 234 g/mol. The molecule has 2 fully saturated rings. The molecular formula is C12H19N3O3. The second-order valence-electron chi connectivity index (χ2n) is 4.98. The largest absolute Gasteiger partial charge is 0.330 e. The Kier molecular flexibility index (Phi) is 3.65. The number of barbiturate groups is 1. The predicted molar refractivity (Wildman–Crippen MR) is 64.7 cm³/mol. The molecule has 2 aliphatic rings. The number of carbonyl (C=O) groups is 3. The molecule has 0 spiro atoms. The molecule has 4 amide bonds. The maximum Gasteiger partial charge on any atom is 0.330 e. The minimum Gasteiger partial charge on any atom is -0.302 e. The lowest BCUT2D eigenvalue weighted by atomic mass is 10.0. The number of likely N-dealkylation sites (N-methyl/N-ethyl adjacent to an activating group) is 1. The van der Waals surface area contributed by atoms with Gasteiger partial charge < -0.3 is 4.90 Å². The van der Waals surface area contributed by atoms with Gasteiger partial charge in [0.15, 0.2) is 0 Å². The summed E-state index contributed by atoms with van der Waals surface area (Å²) in [7, 11) is 1.99. The third-order valence-corrected chi connectivity index (χ3v) is 3.83. The van der Waals surface area contributed by atoms with E-state index in [4.69, 9.17) is 0 Å². The van der Waals surface area contributed by atoms with Gasteiger partial charge in [-0.25, -0.2) is 4.79 Å². The van der Waals surface area contributed by atoms with Crippen LogP contribution in [-0.4, -0.2) is 53.8 Å². The standard InChI is InChI=1S/C12H19N3O3/c1-3-9-10(16)13-12(18)15(11(9)17)7-8-5-4-6-14(8)2/h8-9H,3-7H2,1-2H3,(H,13,16,18). The number of hydrogen-bond donors (Lipinski definition) is 1. The van der Waals surface area contributed by atoms with Gasteiger partial charge in [-0.1, -0.05) is 6.92 Å². The Morgan fingerprint density at radius 1 is 1.33 bits per heavy atom. The van der Waals surface area contributed by atoms with E-state index >= 15 is 0 Å². The van der Waals surface area contributed by atoms with Crippen LogP contribution in [0.3, 0.4) is 0 Å². The molecule has 0 aliphatic carbocycles. The number of carbonyl (C=O) groups excluding carboxylic acids is 3. The van der Waals surface area contributed by atoms with Gasteiger partial charge in [-0.2, -0.15) is 0 Å². The van der Waals surface area contributed by atoms with E-state index in [9.17, 15) is 14.4 Å². The summed E-state index contributed by atoms with van der Waals surface area (Å²) in [5.74, 6) is -1.54. The van der Waals surface area contributed by atoms with Crippen LogP contribution in [0.25, 0.3) is 0 Å². The third kappa shape index (κ3) is 2.25. The molecule has 2 rings (SSSR count). The monoisotopic (exact) mass is 253 g/mol. The lowest BCUT2D eigenvalue weighted by Gasteiger charge is -2.32. The zero-order valence-corrected chi connectivity index (χ0v) is 10.8. The van der Waals surface area contributed by atoms with Crippen LogP contribution in [0.15, 0.2) is 0 Å². The van der Waals surface area contributed by atoms with Crippen molar-refractivity contribution >= 4 is 17.8 Å². The average molecular weight is 253 g/mol. The summed E-state index contributed by atoms with van der Waals surface area (Å²) in [5, 5.41) is 2.26. The number of amides is 4. The first-order chi connectivity index (χ1) is 8.54. The first kappa shape index (κ1) is 13.0. The summed E-state index contributed by atoms with van der Waals surface area (Å²) in [6, 6.07) is -0.361. The number of urea groups is 1. The molecule has 0 aromatic carbocycles. The number of hydrogen-bond acceptors (Lipinski definition) is 4. The minimum atomic E-state index is -0.714. The van der Waals surface area contributed by atoms with E-state index in [1.165, 1.54) is 4.90 Å². The molecule has 0 saturated carbocycles. The van der Waals surface area contributed by atoms with Crippen molar-refractivity contribution in [3.63, 3.8) is 0 Å². The zero-order valence-electron chi connectivity index (χ0n) is 10.8. The number of likely N-dealkylation sites (tertiary alicyclic amines) is 1. The molecule has 6 nitrogen and oxygen atoms in total. The number of nitrogens with one attached hydrogen (secondary N) is 1. The Morgan fingerprint density at radius 3 is 2.61 bits per heavy atom. The van der Waals surface area contributed by atoms with Crippen molar-refractivity contribution in [1.82, 2.24) is 15.1 Å². The Hall–Kier alpha value is -1.43. The Balaban J connectivity index is 2.08. The van der Waals surface area contributed by atoms with E-state index in [2.05, 4.69) is 10.2 Å². The molecule has 6 heteroatoms. The van der Waals surface area contributed by atoms with Crippen LogP contribution >= 0.6 is 0 Å². The average Bonchev–Trinajstić information content (AvgIpc) is 2.70. The number of nitrogens with zero attached hydrogens (tertiary/aromatic N) is 2. The molecule has 2 heterocycles. The van der Waals surface area contributed by atoms with E-state index in [0.29, 0.717) is 13.0 Å². The first-order valence-corrected chi connectivity index (χ1v) is 6.41. The molecule has 2 aliphatic heterocycles. The summed E-state index contributed by atoms with van der Waals surface area (Å²) >= 11 is 0. The van der Waals surface area contributed by atoms with Crippen LogP contribution in [0, 0.1) is 5.92 Å². The molecule has 0 aromatic heterocycles. The summed E-state index contributed by atoms with van der Waals surface area (Å²) < 4.78 is 0. The summed E-state index contributed by atoms with van der Waals surface area (Å²) in [6.07, 6.45) is 2.49. The molecule has 18 heavy (non-hydrogen) atoms. The van der Waals surface area contributed by atoms with Gasteiger partial charge in [-0.3, -0.25) is 19.8 Å². The van der Waals surface area contributed by atoms with Gasteiger partial charge in [0.05, 0.1) is 0 Å². The molecule has 2 atom stereocenters. The maximum absolute atomic E-state index is 12.1. The van der Waals surface area contributed by atoms with E-state index in [1.54, 1.807) is 6.92 Å². The van der Waals surface area contributed by atoms with Gasteiger partial charge in [0.2, 0.25) is 11.8 Å². The summed E-state index contributed by atoms with van der Waals surface area (Å²) in [6.45, 7) is 3.15. The van der Waals surface area contributed by atoms with Crippen molar-refractivity contribution in [2.24, 2.45) is 5.92 Å². The van der Waals surface area contributed by atoms with Crippen molar-refractivity contribution in [1.29, 1.82) is 0 Å². The van der Waals surface area contributed by atoms with E-state index < -0.39 is 17.9 Å². The van der Waals surface area contributed by atoms with Crippen molar-refractivity contribution in [3.8, 4) is 0 Å². The van der Waals surface area contributed by atoms with Crippen LogP contribution in [-0.2, 0) is 9.59 Å². The fourth-order valence-corrected chi connectivity index (χ4v) is 2.61. The SMILES string of the molecule is CCC1C(=O)NC(=O)N(CC2CCCN2C)C1=O. The van der Waals surface area contributed by atoms with Crippen LogP contribution in [0.1, 0.15) is 26.2 Å². The van der Waals surface area contributed by atoms with Crippen LogP contribution in [0.4, 0.5) is 4.79 Å². The summed E-state index contributed by atoms with van der Waals surface area (Å²) in [4.78, 5) is 38.7. The number of imide groups is 2. The highest BCUT2D eigenvalue weighted by molar-refractivity contribution is 6.16. The highest BCUT2D eigenvalue weighted by Crippen LogP contribution is 2.19. The fourth-order valence-electron chi connectivity index (χ4n) is 2.61. The zero-order chi connectivity index (χ0) is 13.3. The van der Waals surface area contributed by atoms with Crippen LogP contribution in [0.2, 0.25) is 0 Å². The molecule has 100 valence electrons. The topological polar surface area (TPSA) is 69.7 Å². The van der Waals surface area contributed by atoms with Crippen LogP contribution < -0.4 is 5.32 Å². The molecule has 2 saturated heterocycles. The maximum atomic E-state index is 12.1. The van der Waals surface area contributed by atoms with Gasteiger partial charge in [0, 0.05) is 12.6 Å². The van der Waals surface area contributed by atoms with E-state index in [1.807, 2.05) is 7.05 Å². The first-order valence-electron chi connectivity index (χ1n) is 6.41. The molecule has 0 radical (unpaired) electrons. The lowest BCUT2D eigenvalue weighted by molar-refractivity contribution is -0.143. The van der Waals surface area contributed by atoms with Crippen molar-refractivity contribution < 1.29 is 14.4 Å². The van der Waals surface area contributed by atoms with Gasteiger partial charge in [-0.05, 0) is 32.9 Å². The molecule has 2 unspecified atom stereocenters. The van der Waals surface area contributed by atoms with Crippen molar-refractivity contribution in [2.75, 3.05) is 20.1 Å². The van der Waals surface area contributed by atoms with Gasteiger partial charge in [0.1, 0.15) is 5.92 Å². The predicted octanol–water partition coefficient (Wildman–Crippen LogP) is 0.185. The summed E-state index contributed by atoms with van der Waals surface area (Å²) in [5.41, 5.74) is 0. The third-order valence-electron chi connectivity index (χ3n) is 3.83. The van der Waals surface area contributed by atoms with Gasteiger partial charge >= 0.3 is 6.03 Å². The number of rotatable bonds is 3. The van der Waals surface area contributed by atoms with Crippen molar-refractivity contribution in [3.05, 3.63) is 0 Å². The van der Waals surface area contributed by atoms with Gasteiger partial charge in [-0.15, -0.1) is 0 Å². The fraction of sp³-hybridized carbons (Fsp3) is 0.750. The highest BCUT2D eigenvalue weighted by atomic mass is 16.2. The Labute approximate surface area is 106 Å². The smallest absolute Gasteiger partial charge is 0.302 e. The molecule has 1 N–H and O–H groups in total. The normalized spacial score (nSPS) is 29.9. The second-order valence-corrected chi connectivity index (χ2v) is 4.98. The Morgan fingerprint density at radius 2 is 2.06 bits per heavy atom. The van der Waals surface area contributed by atoms with Crippen molar-refractivity contribution in [2.45, 2.75) is 32.2 Å². The molecule has 0 aromatic rings.